The number of hydrogen-bond acceptors (Lipinski definition) is 14. The van der Waals surface area contributed by atoms with Gasteiger partial charge >= 0.3 is 33.6 Å². The van der Waals surface area contributed by atoms with Crippen LogP contribution in [0.3, 0.4) is 0 Å². The van der Waals surface area contributed by atoms with Crippen LogP contribution in [0.15, 0.2) is 109 Å². The molecular formula is C91H162O16P2. The summed E-state index contributed by atoms with van der Waals surface area (Å²) < 4.78 is 61.2. The number of allylic oxidation sites excluding steroid dienone is 18. The quantitative estimate of drug-likeness (QED) is 0.0146. The lowest BCUT2D eigenvalue weighted by atomic mass is 10.0. The third kappa shape index (κ3) is 84.9. The second kappa shape index (κ2) is 83.6. The molecule has 0 fully saturated rings. The van der Waals surface area contributed by atoms with Crippen LogP contribution >= 0.6 is 15.6 Å². The Morgan fingerprint density at radius 1 is 0.257 bits per heavy atom. The smallest absolute Gasteiger partial charge is 0.463 e. The molecule has 18 heteroatoms. The van der Waals surface area contributed by atoms with Gasteiger partial charge in [-0.05, 0) is 128 Å². The van der Waals surface area contributed by atoms with E-state index in [1.165, 1.54) is 212 Å². The van der Waals surface area contributed by atoms with Gasteiger partial charge in [-0.2, -0.15) is 0 Å². The fourth-order valence-corrected chi connectivity index (χ4v) is 13.8. The van der Waals surface area contributed by atoms with Crippen molar-refractivity contribution < 1.29 is 75.8 Å². The van der Waals surface area contributed by atoms with Crippen molar-refractivity contribution in [2.24, 2.45) is 0 Å². The maximum atomic E-state index is 12.9. The van der Waals surface area contributed by atoms with Crippen molar-refractivity contribution in [3.8, 4) is 0 Å². The number of rotatable bonds is 84. The van der Waals surface area contributed by atoms with Gasteiger partial charge in [-0.15, -0.1) is 0 Å². The topological polar surface area (TPSA) is 231 Å². The zero-order valence-corrected chi connectivity index (χ0v) is 71.3. The van der Waals surface area contributed by atoms with E-state index in [9.17, 15) is 43.5 Å². The van der Waals surface area contributed by atoms with Gasteiger partial charge < -0.3 is 34.2 Å². The van der Waals surface area contributed by atoms with Crippen molar-refractivity contribution in [2.75, 3.05) is 39.6 Å². The van der Waals surface area contributed by atoms with Crippen molar-refractivity contribution >= 4 is 33.6 Å². The molecule has 5 atom stereocenters. The number of unbranched alkanes of at least 4 members (excludes halogenated alkanes) is 43. The van der Waals surface area contributed by atoms with E-state index in [1.807, 2.05) is 0 Å². The van der Waals surface area contributed by atoms with Gasteiger partial charge in [-0.1, -0.05) is 355 Å². The molecule has 16 nitrogen and oxygen atoms in total. The molecule has 0 aromatic carbocycles. The van der Waals surface area contributed by atoms with E-state index >= 15 is 0 Å². The molecule has 0 aromatic heterocycles. The van der Waals surface area contributed by atoms with Gasteiger partial charge in [0.15, 0.2) is 6.10 Å². The van der Waals surface area contributed by atoms with E-state index in [1.54, 1.807) is 0 Å². The molecule has 0 radical (unpaired) electrons. The van der Waals surface area contributed by atoms with Crippen molar-refractivity contribution in [1.82, 2.24) is 0 Å². The fraction of sp³-hybridized carbons (Fsp3) is 0.769. The minimum Gasteiger partial charge on any atom is -0.463 e. The van der Waals surface area contributed by atoms with Crippen LogP contribution < -0.4 is 0 Å². The number of phosphoric ester groups is 2. The molecule has 4 N–H and O–H groups in total. The molecular weight excluding hydrogens is 1410 g/mol. The predicted octanol–water partition coefficient (Wildman–Crippen LogP) is 26.7. The number of phosphoric acid groups is 2. The Labute approximate surface area is 666 Å². The fourth-order valence-electron chi connectivity index (χ4n) is 12.2. The summed E-state index contributed by atoms with van der Waals surface area (Å²) in [5.41, 5.74) is 0. The largest absolute Gasteiger partial charge is 0.472 e. The van der Waals surface area contributed by atoms with Crippen LogP contribution in [0.5, 0.6) is 0 Å². The summed E-state index contributed by atoms with van der Waals surface area (Å²) in [6, 6.07) is 0. The summed E-state index contributed by atoms with van der Waals surface area (Å²) in [5.74, 6) is -1.57. The van der Waals surface area contributed by atoms with Crippen LogP contribution in [-0.2, 0) is 55.8 Å². The van der Waals surface area contributed by atoms with E-state index in [4.69, 9.17) is 32.3 Å². The SMILES string of the molecule is CCCC/C=C\CCCCCCCC(=O)OC(COC(=O)CCCCCCCCCCCCCCC/C=C\C/C=C\C/C=C\C/C=C\CCCCC)COP(=O)(O)OCC(O)COP(=O)(O)OCC(O)COC(=O)CCCCCCCCCCCCCCCCCCC/C=C\C/C=C\C/C=C\C/C=C\CCCCC. The first-order valence-electron chi connectivity index (χ1n) is 44.2. The number of hydrogen-bond donors (Lipinski definition) is 4. The molecule has 0 aromatic rings. The Bertz CT molecular complexity index is 2420. The Kier molecular flexibility index (Phi) is 80.7. The molecule has 0 saturated heterocycles. The Morgan fingerprint density at radius 2 is 0.468 bits per heavy atom. The summed E-state index contributed by atoms with van der Waals surface area (Å²) in [6.45, 7) is 2.62. The van der Waals surface area contributed by atoms with Gasteiger partial charge in [-0.3, -0.25) is 32.5 Å². The van der Waals surface area contributed by atoms with Gasteiger partial charge in [0.2, 0.25) is 0 Å². The van der Waals surface area contributed by atoms with Crippen LogP contribution in [0.2, 0.25) is 0 Å². The average Bonchev–Trinajstić information content (AvgIpc) is 0.903. The maximum absolute atomic E-state index is 12.9. The highest BCUT2D eigenvalue weighted by molar-refractivity contribution is 7.47. The average molecular weight is 1570 g/mol. The van der Waals surface area contributed by atoms with E-state index in [0.29, 0.717) is 19.3 Å². The van der Waals surface area contributed by atoms with Gasteiger partial charge in [0.1, 0.15) is 25.4 Å². The summed E-state index contributed by atoms with van der Waals surface area (Å²) in [7, 11) is -9.79. The number of aliphatic hydroxyl groups is 2. The monoisotopic (exact) mass is 1570 g/mol. The first-order chi connectivity index (χ1) is 53.2. The van der Waals surface area contributed by atoms with Crippen LogP contribution in [0.1, 0.15) is 393 Å². The van der Waals surface area contributed by atoms with E-state index < -0.39 is 91.5 Å². The number of esters is 3. The number of carbonyl (C=O) groups excluding carboxylic acids is 3. The van der Waals surface area contributed by atoms with Gasteiger partial charge in [0, 0.05) is 19.3 Å². The highest BCUT2D eigenvalue weighted by atomic mass is 31.2. The highest BCUT2D eigenvalue weighted by Crippen LogP contribution is 2.45. The Balaban J connectivity index is 4.35. The third-order valence-electron chi connectivity index (χ3n) is 18.9. The zero-order valence-electron chi connectivity index (χ0n) is 69.5. The normalized spacial score (nSPS) is 14.4. The van der Waals surface area contributed by atoms with Crippen LogP contribution in [0, 0.1) is 0 Å². The first-order valence-corrected chi connectivity index (χ1v) is 47.2. The lowest BCUT2D eigenvalue weighted by Gasteiger charge is -2.21. The lowest BCUT2D eigenvalue weighted by molar-refractivity contribution is -0.161. The Hall–Kier alpha value is -3.79. The molecule has 0 aliphatic carbocycles. The number of ether oxygens (including phenoxy) is 3. The van der Waals surface area contributed by atoms with Crippen molar-refractivity contribution in [1.29, 1.82) is 0 Å². The molecule has 0 bridgehead atoms. The van der Waals surface area contributed by atoms with E-state index in [-0.39, 0.29) is 19.3 Å². The number of carbonyl (C=O) groups is 3. The molecule has 0 spiro atoms. The molecule has 109 heavy (non-hydrogen) atoms. The molecule has 0 aliphatic rings. The molecule has 0 heterocycles. The molecule has 5 unspecified atom stereocenters. The molecule has 0 rings (SSSR count). The third-order valence-corrected chi connectivity index (χ3v) is 20.8. The summed E-state index contributed by atoms with van der Waals surface area (Å²) in [4.78, 5) is 58.7. The van der Waals surface area contributed by atoms with Crippen molar-refractivity contribution in [3.05, 3.63) is 109 Å². The first kappa shape index (κ1) is 105. The molecule has 632 valence electrons. The van der Waals surface area contributed by atoms with E-state index in [2.05, 4.69) is 130 Å². The zero-order chi connectivity index (χ0) is 79.4. The van der Waals surface area contributed by atoms with Crippen LogP contribution in [0.4, 0.5) is 0 Å². The second-order valence-electron chi connectivity index (χ2n) is 29.7. The summed E-state index contributed by atoms with van der Waals surface area (Å²) in [5, 5.41) is 20.7. The summed E-state index contributed by atoms with van der Waals surface area (Å²) in [6.07, 6.45) is 100. The number of aliphatic hydroxyl groups excluding tert-OH is 2. The van der Waals surface area contributed by atoms with Crippen LogP contribution in [0.25, 0.3) is 0 Å². The van der Waals surface area contributed by atoms with Gasteiger partial charge in [0.05, 0.1) is 26.4 Å². The highest BCUT2D eigenvalue weighted by Gasteiger charge is 2.29. The predicted molar refractivity (Wildman–Crippen MR) is 454 cm³/mol. The molecule has 0 amide bonds. The standard InChI is InChI=1S/C91H162O16P2/c1-4-7-10-13-16-19-22-24-26-28-30-32-34-36-38-40-41-42-43-45-47-48-50-52-54-56-58-60-63-65-68-71-74-77-89(94)101-80-86(92)81-103-108(97,98)104-82-87(93)83-105-109(99,100)106-85-88(107-91(96)79-76-73-70-67-62-21-18-15-12-9-6-3)84-102-90(95)78-75-72-69-66-64-61-59-57-55-53-51-49-46-44-39-37-35-33-31-29-27-25-23-20-17-14-11-8-5-2/h15-20,24-27,30-33,36-39,86-88,92-93H,4-14,21-23,28-29,34-35,40-85H2,1-3H3,(H,97,98)(H,99,100)/b18-15-,19-16-,20-17-,26-24-,27-25-,32-30-,33-31-,38-36-,39-37-. The van der Waals surface area contributed by atoms with Gasteiger partial charge in [-0.25, -0.2) is 9.13 Å². The van der Waals surface area contributed by atoms with Crippen LogP contribution in [-0.4, -0.2) is 95.9 Å². The minimum absolute atomic E-state index is 0.0949. The van der Waals surface area contributed by atoms with Gasteiger partial charge in [0.25, 0.3) is 0 Å². The summed E-state index contributed by atoms with van der Waals surface area (Å²) >= 11 is 0. The lowest BCUT2D eigenvalue weighted by Crippen LogP contribution is -2.30. The molecule has 0 saturated carbocycles. The maximum Gasteiger partial charge on any atom is 0.472 e. The molecule has 0 aliphatic heterocycles. The van der Waals surface area contributed by atoms with Crippen molar-refractivity contribution in [2.45, 2.75) is 411 Å². The second-order valence-corrected chi connectivity index (χ2v) is 32.6. The van der Waals surface area contributed by atoms with E-state index in [0.717, 1.165) is 122 Å². The van der Waals surface area contributed by atoms with Crippen molar-refractivity contribution in [3.63, 3.8) is 0 Å². The Morgan fingerprint density at radius 3 is 0.761 bits per heavy atom. The minimum atomic E-state index is -4.93.